The fourth-order valence-corrected chi connectivity index (χ4v) is 2.36. The Labute approximate surface area is 117 Å². The maximum atomic E-state index is 12.0. The highest BCUT2D eigenvalue weighted by molar-refractivity contribution is 7.71. The van der Waals surface area contributed by atoms with E-state index in [0.29, 0.717) is 11.2 Å². The number of aromatic nitrogens is 2. The van der Waals surface area contributed by atoms with Gasteiger partial charge in [-0.05, 0) is 36.2 Å². The van der Waals surface area contributed by atoms with Crippen LogP contribution in [0.1, 0.15) is 36.2 Å². The van der Waals surface area contributed by atoms with Crippen molar-refractivity contribution in [3.63, 3.8) is 0 Å². The van der Waals surface area contributed by atoms with Crippen molar-refractivity contribution in [2.45, 2.75) is 33.1 Å². The highest BCUT2D eigenvalue weighted by Gasteiger charge is 2.08. The van der Waals surface area contributed by atoms with Gasteiger partial charge in [0.2, 0.25) is 0 Å². The van der Waals surface area contributed by atoms with Crippen LogP contribution < -0.4 is 5.56 Å². The summed E-state index contributed by atoms with van der Waals surface area (Å²) in [6.07, 6.45) is 2.43. The molecule has 0 spiro atoms. The van der Waals surface area contributed by atoms with E-state index in [1.165, 1.54) is 5.56 Å². The average molecular weight is 274 g/mol. The molecule has 0 aliphatic heterocycles. The second-order valence-electron chi connectivity index (χ2n) is 4.57. The number of hydrogen-bond acceptors (Lipinski definition) is 2. The standard InChI is InChI=1S/C15H18N2OS/c1-3-10-5-7-11(8-6-10)9-12-13(4-2)16-15(19)17-14(12)18/h5-8H,3-4,9H2,1-2H3,(H2,16,17,18,19). The van der Waals surface area contributed by atoms with Gasteiger partial charge in [0, 0.05) is 17.7 Å². The number of rotatable bonds is 4. The summed E-state index contributed by atoms with van der Waals surface area (Å²) in [7, 11) is 0. The van der Waals surface area contributed by atoms with Crippen LogP contribution >= 0.6 is 12.2 Å². The summed E-state index contributed by atoms with van der Waals surface area (Å²) in [6.45, 7) is 4.15. The van der Waals surface area contributed by atoms with Crippen LogP contribution in [0.4, 0.5) is 0 Å². The smallest absolute Gasteiger partial charge is 0.255 e. The Morgan fingerprint density at radius 2 is 1.63 bits per heavy atom. The molecule has 1 aromatic heterocycles. The van der Waals surface area contributed by atoms with Crippen molar-refractivity contribution in [1.29, 1.82) is 0 Å². The largest absolute Gasteiger partial charge is 0.336 e. The molecule has 2 rings (SSSR count). The molecule has 0 bridgehead atoms. The summed E-state index contributed by atoms with van der Waals surface area (Å²) in [4.78, 5) is 17.7. The quantitative estimate of drug-likeness (QED) is 0.841. The Kier molecular flexibility index (Phi) is 4.32. The Morgan fingerprint density at radius 3 is 2.21 bits per heavy atom. The third-order valence-electron chi connectivity index (χ3n) is 3.30. The van der Waals surface area contributed by atoms with Gasteiger partial charge in [0.05, 0.1) is 0 Å². The summed E-state index contributed by atoms with van der Waals surface area (Å²) in [5.74, 6) is 0. The molecule has 0 aliphatic rings. The van der Waals surface area contributed by atoms with Crippen molar-refractivity contribution in [3.8, 4) is 0 Å². The first-order valence-electron chi connectivity index (χ1n) is 6.56. The molecule has 2 aromatic rings. The fraction of sp³-hybridized carbons (Fsp3) is 0.333. The molecule has 0 saturated heterocycles. The van der Waals surface area contributed by atoms with Gasteiger partial charge in [0.15, 0.2) is 4.77 Å². The third kappa shape index (κ3) is 3.20. The first-order valence-corrected chi connectivity index (χ1v) is 6.97. The highest BCUT2D eigenvalue weighted by Crippen LogP contribution is 2.11. The van der Waals surface area contributed by atoms with Gasteiger partial charge in [0.25, 0.3) is 5.56 Å². The third-order valence-corrected chi connectivity index (χ3v) is 3.50. The van der Waals surface area contributed by atoms with E-state index in [0.717, 1.165) is 29.7 Å². The van der Waals surface area contributed by atoms with Crippen LogP contribution in [0.2, 0.25) is 0 Å². The zero-order valence-corrected chi connectivity index (χ0v) is 12.1. The maximum Gasteiger partial charge on any atom is 0.255 e. The van der Waals surface area contributed by atoms with E-state index in [4.69, 9.17) is 12.2 Å². The number of H-pyrrole nitrogens is 2. The van der Waals surface area contributed by atoms with Gasteiger partial charge in [-0.15, -0.1) is 0 Å². The second kappa shape index (κ2) is 5.97. The minimum Gasteiger partial charge on any atom is -0.336 e. The molecule has 1 aromatic carbocycles. The lowest BCUT2D eigenvalue weighted by molar-refractivity contribution is 0.907. The fourth-order valence-electron chi connectivity index (χ4n) is 2.15. The zero-order chi connectivity index (χ0) is 13.8. The second-order valence-corrected chi connectivity index (χ2v) is 4.97. The molecule has 0 aliphatic carbocycles. The van der Waals surface area contributed by atoms with Crippen LogP contribution in [0.25, 0.3) is 0 Å². The molecule has 0 saturated carbocycles. The van der Waals surface area contributed by atoms with E-state index < -0.39 is 0 Å². The molecule has 0 amide bonds. The van der Waals surface area contributed by atoms with Crippen molar-refractivity contribution in [3.05, 3.63) is 61.8 Å². The molecular weight excluding hydrogens is 256 g/mol. The molecule has 1 heterocycles. The Hall–Kier alpha value is -1.68. The number of nitrogens with one attached hydrogen (secondary N) is 2. The number of hydrogen-bond donors (Lipinski definition) is 2. The number of aromatic amines is 2. The molecule has 3 nitrogen and oxygen atoms in total. The van der Waals surface area contributed by atoms with E-state index in [9.17, 15) is 4.79 Å². The monoisotopic (exact) mass is 274 g/mol. The summed E-state index contributed by atoms with van der Waals surface area (Å²) in [5, 5.41) is 0. The molecule has 2 N–H and O–H groups in total. The normalized spacial score (nSPS) is 10.6. The summed E-state index contributed by atoms with van der Waals surface area (Å²) < 4.78 is 0.395. The van der Waals surface area contributed by atoms with E-state index in [-0.39, 0.29) is 5.56 Å². The van der Waals surface area contributed by atoms with Crippen LogP contribution in [0.15, 0.2) is 29.1 Å². The van der Waals surface area contributed by atoms with Crippen LogP contribution in [0.3, 0.4) is 0 Å². The zero-order valence-electron chi connectivity index (χ0n) is 11.2. The van der Waals surface area contributed by atoms with E-state index >= 15 is 0 Å². The Bertz CT molecular complexity index is 668. The van der Waals surface area contributed by atoms with Gasteiger partial charge >= 0.3 is 0 Å². The molecule has 4 heteroatoms. The molecule has 0 fully saturated rings. The van der Waals surface area contributed by atoms with Gasteiger partial charge < -0.3 is 4.98 Å². The van der Waals surface area contributed by atoms with E-state index in [1.54, 1.807) is 0 Å². The average Bonchev–Trinajstić information content (AvgIpc) is 2.42. The van der Waals surface area contributed by atoms with Gasteiger partial charge in [-0.3, -0.25) is 9.78 Å². The molecule has 0 radical (unpaired) electrons. The predicted molar refractivity (Wildman–Crippen MR) is 80.3 cm³/mol. The summed E-state index contributed by atoms with van der Waals surface area (Å²) >= 11 is 5.00. The van der Waals surface area contributed by atoms with Crippen molar-refractivity contribution in [2.24, 2.45) is 0 Å². The first-order chi connectivity index (χ1) is 9.13. The van der Waals surface area contributed by atoms with Gasteiger partial charge in [0.1, 0.15) is 0 Å². The van der Waals surface area contributed by atoms with Crippen molar-refractivity contribution < 1.29 is 0 Å². The lowest BCUT2D eigenvalue weighted by atomic mass is 10.0. The summed E-state index contributed by atoms with van der Waals surface area (Å²) in [5.41, 5.74) is 4.07. The van der Waals surface area contributed by atoms with Crippen molar-refractivity contribution >= 4 is 12.2 Å². The molecule has 0 unspecified atom stereocenters. The summed E-state index contributed by atoms with van der Waals surface area (Å²) in [6, 6.07) is 8.39. The van der Waals surface area contributed by atoms with Crippen LogP contribution in [0, 0.1) is 4.77 Å². The minimum atomic E-state index is -0.0832. The van der Waals surface area contributed by atoms with E-state index in [2.05, 4.69) is 41.2 Å². The van der Waals surface area contributed by atoms with Crippen LogP contribution in [-0.4, -0.2) is 9.97 Å². The van der Waals surface area contributed by atoms with Gasteiger partial charge in [-0.25, -0.2) is 0 Å². The lowest BCUT2D eigenvalue weighted by Crippen LogP contribution is -2.18. The molecule has 0 atom stereocenters. The van der Waals surface area contributed by atoms with Crippen LogP contribution in [-0.2, 0) is 19.3 Å². The lowest BCUT2D eigenvalue weighted by Gasteiger charge is -2.07. The Morgan fingerprint density at radius 1 is 1.00 bits per heavy atom. The number of aryl methyl sites for hydroxylation is 2. The predicted octanol–water partition coefficient (Wildman–Crippen LogP) is 3.15. The minimum absolute atomic E-state index is 0.0832. The topological polar surface area (TPSA) is 48.6 Å². The highest BCUT2D eigenvalue weighted by atomic mass is 32.1. The molecule has 19 heavy (non-hydrogen) atoms. The first kappa shape index (κ1) is 13.7. The van der Waals surface area contributed by atoms with Crippen LogP contribution in [0.5, 0.6) is 0 Å². The van der Waals surface area contributed by atoms with Gasteiger partial charge in [-0.1, -0.05) is 38.1 Å². The number of benzene rings is 1. The van der Waals surface area contributed by atoms with Crippen molar-refractivity contribution in [1.82, 2.24) is 9.97 Å². The van der Waals surface area contributed by atoms with Crippen molar-refractivity contribution in [2.75, 3.05) is 0 Å². The van der Waals surface area contributed by atoms with Gasteiger partial charge in [-0.2, -0.15) is 0 Å². The maximum absolute atomic E-state index is 12.0. The van der Waals surface area contributed by atoms with E-state index in [1.807, 2.05) is 6.92 Å². The SMILES string of the molecule is CCc1ccc(Cc2c(CC)[nH]c(=S)[nH]c2=O)cc1. The molecule has 100 valence electrons. The molecular formula is C15H18N2OS. The Balaban J connectivity index is 2.37.